The number of urea groups is 1. The lowest BCUT2D eigenvalue weighted by atomic mass is 10.00. The molecule has 0 spiro atoms. The van der Waals surface area contributed by atoms with Crippen LogP contribution in [0.1, 0.15) is 29.7 Å². The minimum atomic E-state index is -3.67. The molecule has 1 atom stereocenters. The zero-order valence-electron chi connectivity index (χ0n) is 15.8. The molecule has 0 saturated heterocycles. The van der Waals surface area contributed by atoms with Gasteiger partial charge in [-0.1, -0.05) is 6.08 Å². The molecule has 0 aromatic carbocycles. The van der Waals surface area contributed by atoms with Crippen LogP contribution in [0.3, 0.4) is 0 Å². The second kappa shape index (κ2) is 6.43. The molecule has 8 nitrogen and oxygen atoms in total. The molecular formula is C18H21N4O4S2+. The summed E-state index contributed by atoms with van der Waals surface area (Å²) in [7, 11) is -2.26. The molecule has 1 aromatic heterocycles. The molecule has 1 aromatic rings. The number of carbonyl (C=O) groups excluding carboxylic acids is 2. The summed E-state index contributed by atoms with van der Waals surface area (Å²) in [6.45, 7) is 4.01. The Morgan fingerprint density at radius 2 is 2.11 bits per heavy atom. The predicted octanol–water partition coefficient (Wildman–Crippen LogP) is 1.33. The maximum Gasteiger partial charge on any atom is 0.501 e. The van der Waals surface area contributed by atoms with Gasteiger partial charge in [0.15, 0.2) is 0 Å². The first-order valence-electron chi connectivity index (χ1n) is 8.91. The lowest BCUT2D eigenvalue weighted by Gasteiger charge is -2.24. The molecule has 10 heteroatoms. The van der Waals surface area contributed by atoms with Crippen molar-refractivity contribution < 1.29 is 22.6 Å². The van der Waals surface area contributed by atoms with Crippen LogP contribution in [0, 0.1) is 6.92 Å². The standard InChI is InChI=1S/C18H21N4O4S2/c1-11-19-9-12(27-11)10-22-15-5-4-13(28(25,26)20-18(2)6-7-18)8-14(15)16(23)21(3)17(22)24/h4-5,8-9,13,20H,6-7,10H2,1-3H3/q+1. The van der Waals surface area contributed by atoms with Crippen LogP contribution in [0.4, 0.5) is 4.79 Å². The van der Waals surface area contributed by atoms with Crippen LogP contribution in [0.15, 0.2) is 30.0 Å². The summed E-state index contributed by atoms with van der Waals surface area (Å²) >= 11 is 1.47. The van der Waals surface area contributed by atoms with Gasteiger partial charge in [-0.2, -0.15) is 14.3 Å². The molecule has 2 heterocycles. The molecule has 148 valence electrons. The number of allylic oxidation sites excluding steroid dienone is 1. The van der Waals surface area contributed by atoms with Crippen molar-refractivity contribution in [3.8, 4) is 0 Å². The van der Waals surface area contributed by atoms with Crippen molar-refractivity contribution in [3.63, 3.8) is 0 Å². The Balaban J connectivity index is 1.72. The monoisotopic (exact) mass is 421 g/mol. The topological polar surface area (TPSA) is 99.4 Å². The number of amides is 3. The van der Waals surface area contributed by atoms with Gasteiger partial charge in [0.25, 0.3) is 0 Å². The number of hydrogen-bond acceptors (Lipinski definition) is 6. The number of carbonyl (C=O) groups is 2. The summed E-state index contributed by atoms with van der Waals surface area (Å²) in [5, 5.41) is -0.0728. The van der Waals surface area contributed by atoms with Gasteiger partial charge in [0.2, 0.25) is 10.0 Å². The molecule has 1 N–H and O–H groups in total. The first-order valence-corrected chi connectivity index (χ1v) is 11.3. The number of aryl methyl sites for hydroxylation is 1. The van der Waals surface area contributed by atoms with E-state index in [2.05, 4.69) is 9.71 Å². The van der Waals surface area contributed by atoms with Crippen molar-refractivity contribution >= 4 is 39.0 Å². The van der Waals surface area contributed by atoms with Gasteiger partial charge in [-0.25, -0.2) is 22.9 Å². The third-order valence-electron chi connectivity index (χ3n) is 5.12. The van der Waals surface area contributed by atoms with Gasteiger partial charge < -0.3 is 0 Å². The Morgan fingerprint density at radius 1 is 1.39 bits per heavy atom. The van der Waals surface area contributed by atoms with Gasteiger partial charge in [0, 0.05) is 11.7 Å². The van der Waals surface area contributed by atoms with E-state index in [1.807, 2.05) is 13.8 Å². The van der Waals surface area contributed by atoms with Gasteiger partial charge in [-0.3, -0.25) is 0 Å². The fraction of sp³-hybridized carbons (Fsp3) is 0.444. The van der Waals surface area contributed by atoms with E-state index in [4.69, 9.17) is 0 Å². The summed E-state index contributed by atoms with van der Waals surface area (Å²) in [5.74, 6) is -0.501. The summed E-state index contributed by atoms with van der Waals surface area (Å²) in [6, 6.07) is -0.447. The van der Waals surface area contributed by atoms with Gasteiger partial charge in [0.05, 0.1) is 16.9 Å². The summed E-state index contributed by atoms with van der Waals surface area (Å²) in [4.78, 5) is 31.4. The van der Waals surface area contributed by atoms with Crippen molar-refractivity contribution in [1.82, 2.24) is 14.6 Å². The van der Waals surface area contributed by atoms with Crippen LogP contribution >= 0.6 is 11.3 Å². The van der Waals surface area contributed by atoms with Gasteiger partial charge in [-0.15, -0.1) is 11.3 Å². The van der Waals surface area contributed by atoms with Crippen LogP contribution in [0.5, 0.6) is 0 Å². The minimum Gasteiger partial charge on any atom is -0.250 e. The van der Waals surface area contributed by atoms with Crippen molar-refractivity contribution in [1.29, 1.82) is 0 Å². The number of sulfonamides is 1. The molecule has 3 amide bonds. The highest BCUT2D eigenvalue weighted by molar-refractivity contribution is 7.90. The Kier molecular flexibility index (Phi) is 4.40. The zero-order valence-corrected chi connectivity index (χ0v) is 17.4. The van der Waals surface area contributed by atoms with E-state index >= 15 is 0 Å². The van der Waals surface area contributed by atoms with E-state index in [-0.39, 0.29) is 12.1 Å². The maximum atomic E-state index is 12.7. The molecule has 1 fully saturated rings. The molecule has 3 aliphatic rings. The molecule has 4 rings (SSSR count). The minimum absolute atomic E-state index is 0.224. The van der Waals surface area contributed by atoms with Crippen LogP contribution in [-0.2, 0) is 21.4 Å². The lowest BCUT2D eigenvalue weighted by molar-refractivity contribution is -0.451. The molecule has 28 heavy (non-hydrogen) atoms. The first kappa shape index (κ1) is 19.2. The number of rotatable bonds is 5. The normalized spacial score (nSPS) is 23.8. The van der Waals surface area contributed by atoms with Crippen LogP contribution in [-0.4, -0.2) is 58.4 Å². The second-order valence-corrected chi connectivity index (χ2v) is 10.7. The summed E-state index contributed by atoms with van der Waals surface area (Å²) in [6.07, 6.45) is 7.81. The van der Waals surface area contributed by atoms with E-state index in [0.29, 0.717) is 5.71 Å². The maximum absolute atomic E-state index is 12.7. The van der Waals surface area contributed by atoms with E-state index in [9.17, 15) is 18.0 Å². The van der Waals surface area contributed by atoms with Crippen molar-refractivity contribution in [3.05, 3.63) is 39.9 Å². The molecule has 0 radical (unpaired) electrons. The quantitative estimate of drug-likeness (QED) is 0.723. The highest BCUT2D eigenvalue weighted by Crippen LogP contribution is 2.36. The van der Waals surface area contributed by atoms with Crippen LogP contribution in [0.2, 0.25) is 0 Å². The third kappa shape index (κ3) is 3.36. The molecule has 1 saturated carbocycles. The molecule has 2 aliphatic carbocycles. The molecule has 0 bridgehead atoms. The smallest absolute Gasteiger partial charge is 0.250 e. The first-order chi connectivity index (χ1) is 13.1. The number of imide groups is 1. The van der Waals surface area contributed by atoms with Crippen molar-refractivity contribution in [2.75, 3.05) is 7.05 Å². The van der Waals surface area contributed by atoms with Crippen molar-refractivity contribution in [2.24, 2.45) is 0 Å². The van der Waals surface area contributed by atoms with Crippen LogP contribution in [0.25, 0.3) is 0 Å². The summed E-state index contributed by atoms with van der Waals surface area (Å²) < 4.78 is 29.6. The lowest BCUT2D eigenvalue weighted by Crippen LogP contribution is -2.50. The van der Waals surface area contributed by atoms with E-state index < -0.39 is 32.8 Å². The number of thiazole rings is 1. The van der Waals surface area contributed by atoms with Crippen molar-refractivity contribution in [2.45, 2.75) is 44.0 Å². The molecule has 1 aliphatic heterocycles. The van der Waals surface area contributed by atoms with E-state index in [1.165, 1.54) is 35.1 Å². The van der Waals surface area contributed by atoms with Gasteiger partial charge in [0.1, 0.15) is 23.1 Å². The number of hydrogen-bond donors (Lipinski definition) is 1. The number of nitrogens with one attached hydrogen (secondary N) is 1. The fourth-order valence-electron chi connectivity index (χ4n) is 3.23. The molecular weight excluding hydrogens is 400 g/mol. The summed E-state index contributed by atoms with van der Waals surface area (Å²) in [5.41, 5.74) is 0.250. The van der Waals surface area contributed by atoms with Crippen LogP contribution < -0.4 is 4.72 Å². The average molecular weight is 422 g/mol. The predicted molar refractivity (Wildman–Crippen MR) is 105 cm³/mol. The highest BCUT2D eigenvalue weighted by Gasteiger charge is 2.46. The Morgan fingerprint density at radius 3 is 2.71 bits per heavy atom. The third-order valence-corrected chi connectivity index (χ3v) is 7.81. The molecule has 1 unspecified atom stereocenters. The largest absolute Gasteiger partial charge is 0.501 e. The second-order valence-electron chi connectivity index (χ2n) is 7.58. The Bertz CT molecular complexity index is 1080. The Hall–Kier alpha value is -2.17. The number of likely N-dealkylation sites (N-methyl/N-ethyl adjacent to an activating group) is 1. The highest BCUT2D eigenvalue weighted by atomic mass is 32.2. The van der Waals surface area contributed by atoms with E-state index in [1.54, 1.807) is 12.3 Å². The number of fused-ring (bicyclic) bond motifs is 1. The van der Waals surface area contributed by atoms with E-state index in [0.717, 1.165) is 27.6 Å². The van der Waals surface area contributed by atoms with Gasteiger partial charge in [-0.05, 0) is 38.8 Å². The number of aromatic nitrogens is 1. The van der Waals surface area contributed by atoms with Gasteiger partial charge >= 0.3 is 11.9 Å². The SMILES string of the molecule is Cc1ncc(C[N+]2=C3C=CC(S(=O)(=O)NC4(C)CC4)C=C3C(=O)N(C)C2=O)s1. The Labute approximate surface area is 167 Å². The average Bonchev–Trinajstić information content (AvgIpc) is 3.20. The fourth-order valence-corrected chi connectivity index (χ4v) is 5.64. The zero-order chi connectivity index (χ0) is 20.3. The number of nitrogens with zero attached hydrogens (tertiary/aromatic N) is 3.